The summed E-state index contributed by atoms with van der Waals surface area (Å²) in [5.74, 6) is 1.94. The molecule has 1 saturated heterocycles. The maximum absolute atomic E-state index is 10.3. The van der Waals surface area contributed by atoms with E-state index < -0.39 is 0 Å². The van der Waals surface area contributed by atoms with Crippen LogP contribution in [0.15, 0.2) is 41.3 Å². The maximum Gasteiger partial charge on any atom is 0.106 e. The maximum atomic E-state index is 10.3. The lowest BCUT2D eigenvalue weighted by Crippen LogP contribution is -2.29. The molecule has 3 unspecified atom stereocenters. The minimum Gasteiger partial charge on any atom is -0.393 e. The Morgan fingerprint density at radius 2 is 2.03 bits per heavy atom. The highest BCUT2D eigenvalue weighted by Crippen LogP contribution is 2.41. The molecular weight excluding hydrogens is 396 g/mol. The molecule has 1 N–H and O–H groups in total. The van der Waals surface area contributed by atoms with Crippen molar-refractivity contribution >= 4 is 23.5 Å². The van der Waals surface area contributed by atoms with Gasteiger partial charge in [-0.2, -0.15) is 0 Å². The van der Waals surface area contributed by atoms with Crippen molar-refractivity contribution in [1.82, 2.24) is 0 Å². The Hall–Kier alpha value is -0.940. The summed E-state index contributed by atoms with van der Waals surface area (Å²) in [5.41, 5.74) is 7.27. The fourth-order valence-electron chi connectivity index (χ4n) is 4.89. The normalized spacial score (nSPS) is 26.9. The van der Waals surface area contributed by atoms with Gasteiger partial charge in [0.1, 0.15) is 5.44 Å². The molecule has 2 nitrogen and oxygen atoms in total. The molecule has 0 spiro atoms. The Morgan fingerprint density at radius 3 is 2.83 bits per heavy atom. The zero-order chi connectivity index (χ0) is 19.8. The van der Waals surface area contributed by atoms with Gasteiger partial charge in [0, 0.05) is 23.5 Å². The molecule has 0 amide bonds. The van der Waals surface area contributed by atoms with Gasteiger partial charge in [0.05, 0.1) is 12.2 Å². The number of thioether (sulfide) groups is 2. The van der Waals surface area contributed by atoms with Crippen LogP contribution in [0.2, 0.25) is 0 Å². The van der Waals surface area contributed by atoms with Crippen molar-refractivity contribution in [2.75, 3.05) is 12.0 Å². The SMILES string of the molecule is CSC1CC(O)CC(c2ccc(C3CCC3)c(Cc3ccc4c(c3)CCS4)c2)O1. The second-order valence-corrected chi connectivity index (χ2v) is 10.9. The van der Waals surface area contributed by atoms with Gasteiger partial charge in [-0.05, 0) is 71.7 Å². The molecule has 3 atom stereocenters. The number of aliphatic hydroxyl groups excluding tert-OH is 1. The summed E-state index contributed by atoms with van der Waals surface area (Å²) >= 11 is 3.69. The van der Waals surface area contributed by atoms with Gasteiger partial charge in [-0.1, -0.05) is 36.8 Å². The van der Waals surface area contributed by atoms with Crippen molar-refractivity contribution in [3.8, 4) is 0 Å². The van der Waals surface area contributed by atoms with E-state index in [2.05, 4.69) is 42.7 Å². The smallest absolute Gasteiger partial charge is 0.106 e. The Kier molecular flexibility index (Phi) is 5.97. The molecule has 2 heterocycles. The topological polar surface area (TPSA) is 29.5 Å². The fraction of sp³-hybridized carbons (Fsp3) is 0.520. The van der Waals surface area contributed by atoms with Crippen LogP contribution in [0.3, 0.4) is 0 Å². The summed E-state index contributed by atoms with van der Waals surface area (Å²) < 4.78 is 6.30. The predicted molar refractivity (Wildman–Crippen MR) is 123 cm³/mol. The molecule has 29 heavy (non-hydrogen) atoms. The number of rotatable bonds is 5. The average molecular weight is 427 g/mol. The minimum absolute atomic E-state index is 0.00168. The molecular formula is C25H30O2S2. The largest absolute Gasteiger partial charge is 0.393 e. The Labute approximate surface area is 182 Å². The van der Waals surface area contributed by atoms with Crippen LogP contribution < -0.4 is 0 Å². The minimum atomic E-state index is -0.268. The number of ether oxygens (including phenoxy) is 1. The monoisotopic (exact) mass is 426 g/mol. The summed E-state index contributed by atoms with van der Waals surface area (Å²) in [7, 11) is 0. The third-order valence-corrected chi connectivity index (χ3v) is 8.71. The molecule has 5 rings (SSSR count). The predicted octanol–water partition coefficient (Wildman–Crippen LogP) is 6.09. The van der Waals surface area contributed by atoms with E-state index in [4.69, 9.17) is 4.74 Å². The number of aliphatic hydroxyl groups is 1. The van der Waals surface area contributed by atoms with E-state index >= 15 is 0 Å². The first kappa shape index (κ1) is 20.0. The third-order valence-electron chi connectivity index (χ3n) is 6.76. The van der Waals surface area contributed by atoms with Crippen LogP contribution in [0.5, 0.6) is 0 Å². The van der Waals surface area contributed by atoms with Crippen LogP contribution in [0.25, 0.3) is 0 Å². The summed E-state index contributed by atoms with van der Waals surface area (Å²) in [6.45, 7) is 0. The van der Waals surface area contributed by atoms with E-state index in [0.29, 0.717) is 6.42 Å². The Bertz CT molecular complexity index is 877. The van der Waals surface area contributed by atoms with Crippen molar-refractivity contribution < 1.29 is 9.84 Å². The highest BCUT2D eigenvalue weighted by Gasteiger charge is 2.30. The zero-order valence-corrected chi connectivity index (χ0v) is 18.7. The molecule has 1 aliphatic carbocycles. The van der Waals surface area contributed by atoms with Gasteiger partial charge in [-0.3, -0.25) is 0 Å². The van der Waals surface area contributed by atoms with Gasteiger partial charge in [-0.25, -0.2) is 0 Å². The van der Waals surface area contributed by atoms with E-state index in [-0.39, 0.29) is 17.6 Å². The van der Waals surface area contributed by atoms with Crippen LogP contribution in [0.4, 0.5) is 0 Å². The summed E-state index contributed by atoms with van der Waals surface area (Å²) in [5, 5.41) is 10.3. The molecule has 2 aromatic rings. The van der Waals surface area contributed by atoms with Crippen LogP contribution in [0.1, 0.15) is 71.9 Å². The molecule has 2 fully saturated rings. The number of fused-ring (bicyclic) bond motifs is 1. The molecule has 3 aliphatic rings. The molecule has 0 aromatic heterocycles. The second-order valence-electron chi connectivity index (χ2n) is 8.72. The molecule has 4 heteroatoms. The van der Waals surface area contributed by atoms with Gasteiger partial charge in [0.2, 0.25) is 0 Å². The van der Waals surface area contributed by atoms with Crippen molar-refractivity contribution in [2.24, 2.45) is 0 Å². The average Bonchev–Trinajstić information content (AvgIpc) is 3.15. The van der Waals surface area contributed by atoms with E-state index in [9.17, 15) is 5.11 Å². The zero-order valence-electron chi connectivity index (χ0n) is 17.1. The number of hydrogen-bond acceptors (Lipinski definition) is 4. The van der Waals surface area contributed by atoms with Crippen LogP contribution in [-0.2, 0) is 17.6 Å². The lowest BCUT2D eigenvalue weighted by Gasteiger charge is -2.34. The van der Waals surface area contributed by atoms with E-state index in [0.717, 1.165) is 18.8 Å². The highest BCUT2D eigenvalue weighted by molar-refractivity contribution is 7.99. The van der Waals surface area contributed by atoms with Crippen molar-refractivity contribution in [3.63, 3.8) is 0 Å². The molecule has 154 valence electrons. The van der Waals surface area contributed by atoms with Gasteiger partial charge in [0.15, 0.2) is 0 Å². The van der Waals surface area contributed by atoms with Crippen molar-refractivity contribution in [1.29, 1.82) is 0 Å². The molecule has 2 aromatic carbocycles. The summed E-state index contributed by atoms with van der Waals surface area (Å²) in [6, 6.07) is 14.1. The van der Waals surface area contributed by atoms with Crippen LogP contribution >= 0.6 is 23.5 Å². The Balaban J connectivity index is 1.44. The van der Waals surface area contributed by atoms with Crippen LogP contribution in [0, 0.1) is 0 Å². The second kappa shape index (κ2) is 8.66. The van der Waals surface area contributed by atoms with Gasteiger partial charge in [-0.15, -0.1) is 23.5 Å². The molecule has 0 bridgehead atoms. The first-order chi connectivity index (χ1) is 14.2. The molecule has 2 aliphatic heterocycles. The number of aryl methyl sites for hydroxylation is 1. The summed E-state index contributed by atoms with van der Waals surface area (Å²) in [4.78, 5) is 1.47. The summed E-state index contributed by atoms with van der Waals surface area (Å²) in [6.07, 6.45) is 9.43. The van der Waals surface area contributed by atoms with Gasteiger partial charge in [0.25, 0.3) is 0 Å². The van der Waals surface area contributed by atoms with Crippen molar-refractivity contribution in [3.05, 3.63) is 64.2 Å². The third kappa shape index (κ3) is 4.27. The standard InChI is InChI=1S/C25H30O2S2/c1-28-25-15-21(26)14-23(27-25)18-6-7-22(17-3-2-4-17)20(13-18)12-16-5-8-24-19(11-16)9-10-29-24/h5-8,11,13,17,21,23,25-26H,2-4,9-10,12,14-15H2,1H3. The number of hydrogen-bond donors (Lipinski definition) is 1. The first-order valence-corrected chi connectivity index (χ1v) is 13.2. The number of benzene rings is 2. The van der Waals surface area contributed by atoms with E-state index in [1.54, 1.807) is 11.8 Å². The molecule has 1 saturated carbocycles. The first-order valence-electron chi connectivity index (χ1n) is 10.9. The lowest BCUT2D eigenvalue weighted by atomic mass is 9.76. The van der Waals surface area contributed by atoms with E-state index in [1.807, 2.05) is 11.8 Å². The Morgan fingerprint density at radius 1 is 1.14 bits per heavy atom. The highest BCUT2D eigenvalue weighted by atomic mass is 32.2. The van der Waals surface area contributed by atoms with Crippen molar-refractivity contribution in [2.45, 2.75) is 73.4 Å². The fourth-order valence-corrected chi connectivity index (χ4v) is 6.60. The lowest BCUT2D eigenvalue weighted by molar-refractivity contribution is -0.0605. The van der Waals surface area contributed by atoms with Gasteiger partial charge < -0.3 is 9.84 Å². The van der Waals surface area contributed by atoms with Crippen LogP contribution in [-0.4, -0.2) is 28.7 Å². The van der Waals surface area contributed by atoms with Gasteiger partial charge >= 0.3 is 0 Å². The molecule has 0 radical (unpaired) electrons. The quantitative estimate of drug-likeness (QED) is 0.626. The van der Waals surface area contributed by atoms with E-state index in [1.165, 1.54) is 64.1 Å².